The van der Waals surface area contributed by atoms with E-state index in [2.05, 4.69) is 20.6 Å². The third kappa shape index (κ3) is 7.32. The van der Waals surface area contributed by atoms with Gasteiger partial charge in [-0.1, -0.05) is 18.2 Å². The quantitative estimate of drug-likeness (QED) is 0.378. The molecule has 0 amide bonds. The van der Waals surface area contributed by atoms with E-state index in [4.69, 9.17) is 0 Å². The molecule has 0 spiro atoms. The summed E-state index contributed by atoms with van der Waals surface area (Å²) in [4.78, 5) is 8.77. The lowest BCUT2D eigenvalue weighted by atomic mass is 10.1. The van der Waals surface area contributed by atoms with Crippen LogP contribution in [0.2, 0.25) is 0 Å². The molecule has 0 fully saturated rings. The van der Waals surface area contributed by atoms with Gasteiger partial charge in [-0.25, -0.2) is 4.99 Å². The Bertz CT molecular complexity index is 605. The molecule has 23 heavy (non-hydrogen) atoms. The van der Waals surface area contributed by atoms with Gasteiger partial charge in [0.2, 0.25) is 0 Å². The number of guanidine groups is 1. The van der Waals surface area contributed by atoms with Gasteiger partial charge in [0.1, 0.15) is 5.75 Å². The van der Waals surface area contributed by atoms with Crippen LogP contribution in [-0.2, 0) is 13.0 Å². The minimum atomic E-state index is 0. The third-order valence-corrected chi connectivity index (χ3v) is 3.09. The first-order valence-electron chi connectivity index (χ1n) is 7.48. The van der Waals surface area contributed by atoms with Crippen LogP contribution in [0.15, 0.2) is 53.7 Å². The summed E-state index contributed by atoms with van der Waals surface area (Å²) < 4.78 is 0. The normalized spacial score (nSPS) is 10.7. The van der Waals surface area contributed by atoms with Crippen molar-refractivity contribution in [3.05, 3.63) is 59.9 Å². The van der Waals surface area contributed by atoms with Gasteiger partial charge in [0.05, 0.1) is 12.2 Å². The Hall–Kier alpha value is -1.83. The van der Waals surface area contributed by atoms with Gasteiger partial charge in [-0.05, 0) is 43.2 Å². The van der Waals surface area contributed by atoms with Crippen molar-refractivity contribution in [1.29, 1.82) is 0 Å². The van der Waals surface area contributed by atoms with Crippen molar-refractivity contribution >= 4 is 29.9 Å². The van der Waals surface area contributed by atoms with Crippen LogP contribution >= 0.6 is 24.0 Å². The fraction of sp³-hybridized carbons (Fsp3) is 0.294. The van der Waals surface area contributed by atoms with Crippen LogP contribution in [0.4, 0.5) is 0 Å². The molecule has 0 atom stereocenters. The Kier molecular flexibility index (Phi) is 9.04. The number of phenols is 1. The highest BCUT2D eigenvalue weighted by Crippen LogP contribution is 2.10. The average Bonchev–Trinajstić information content (AvgIpc) is 2.54. The van der Waals surface area contributed by atoms with Gasteiger partial charge in [-0.3, -0.25) is 4.98 Å². The van der Waals surface area contributed by atoms with E-state index in [1.807, 2.05) is 37.3 Å². The van der Waals surface area contributed by atoms with Crippen molar-refractivity contribution in [2.75, 3.05) is 13.1 Å². The highest BCUT2D eigenvalue weighted by molar-refractivity contribution is 14.0. The minimum Gasteiger partial charge on any atom is -0.508 e. The Labute approximate surface area is 154 Å². The number of rotatable bonds is 6. The lowest BCUT2D eigenvalue weighted by Crippen LogP contribution is -2.38. The predicted octanol–water partition coefficient (Wildman–Crippen LogP) is 2.70. The number of benzene rings is 1. The fourth-order valence-electron chi connectivity index (χ4n) is 2.03. The van der Waals surface area contributed by atoms with Crippen molar-refractivity contribution in [2.24, 2.45) is 4.99 Å². The van der Waals surface area contributed by atoms with Crippen molar-refractivity contribution < 1.29 is 5.11 Å². The maximum atomic E-state index is 9.45. The first-order chi connectivity index (χ1) is 10.8. The molecular weight excluding hydrogens is 403 g/mol. The number of halogens is 1. The molecule has 0 saturated carbocycles. The van der Waals surface area contributed by atoms with Gasteiger partial charge >= 0.3 is 0 Å². The van der Waals surface area contributed by atoms with Crippen LogP contribution in [0, 0.1) is 0 Å². The summed E-state index contributed by atoms with van der Waals surface area (Å²) in [6, 6.07) is 13.1. The number of phenolic OH excluding ortho intramolecular Hbond substituents is 1. The average molecular weight is 426 g/mol. The number of nitrogens with zero attached hydrogens (tertiary/aromatic N) is 2. The summed E-state index contributed by atoms with van der Waals surface area (Å²) >= 11 is 0. The van der Waals surface area contributed by atoms with Crippen LogP contribution in [0.5, 0.6) is 5.75 Å². The zero-order chi connectivity index (χ0) is 15.6. The van der Waals surface area contributed by atoms with Crippen LogP contribution in [0.25, 0.3) is 0 Å². The molecule has 1 heterocycles. The molecule has 1 aromatic heterocycles. The molecule has 0 aliphatic carbocycles. The molecule has 0 aliphatic heterocycles. The van der Waals surface area contributed by atoms with Gasteiger partial charge in [-0.15, -0.1) is 24.0 Å². The molecule has 1 aromatic carbocycles. The van der Waals surface area contributed by atoms with Gasteiger partial charge in [0, 0.05) is 19.3 Å². The Morgan fingerprint density at radius 2 is 2.04 bits per heavy atom. The first-order valence-corrected chi connectivity index (χ1v) is 7.48. The monoisotopic (exact) mass is 426 g/mol. The topological polar surface area (TPSA) is 69.5 Å². The maximum Gasteiger partial charge on any atom is 0.191 e. The number of aromatic hydroxyl groups is 1. The van der Waals surface area contributed by atoms with Gasteiger partial charge in [-0.2, -0.15) is 0 Å². The molecule has 0 saturated heterocycles. The molecule has 124 valence electrons. The van der Waals surface area contributed by atoms with Crippen LogP contribution in [-0.4, -0.2) is 29.1 Å². The van der Waals surface area contributed by atoms with Crippen LogP contribution in [0.3, 0.4) is 0 Å². The highest BCUT2D eigenvalue weighted by atomic mass is 127. The SMILES string of the molecule is CCNC(=NCc1ccccn1)NCCc1cccc(O)c1.I. The molecule has 0 bridgehead atoms. The fourth-order valence-corrected chi connectivity index (χ4v) is 2.03. The summed E-state index contributed by atoms with van der Waals surface area (Å²) in [5.74, 6) is 1.07. The Morgan fingerprint density at radius 3 is 2.74 bits per heavy atom. The van der Waals surface area contributed by atoms with Gasteiger partial charge < -0.3 is 15.7 Å². The zero-order valence-corrected chi connectivity index (χ0v) is 15.5. The Balaban J connectivity index is 0.00000264. The van der Waals surface area contributed by atoms with E-state index < -0.39 is 0 Å². The smallest absolute Gasteiger partial charge is 0.191 e. The summed E-state index contributed by atoms with van der Waals surface area (Å²) in [7, 11) is 0. The minimum absolute atomic E-state index is 0. The second-order valence-electron chi connectivity index (χ2n) is 4.86. The lowest BCUT2D eigenvalue weighted by molar-refractivity contribution is 0.474. The van der Waals surface area contributed by atoms with E-state index in [9.17, 15) is 5.11 Å². The van der Waals surface area contributed by atoms with Crippen molar-refractivity contribution in [2.45, 2.75) is 19.9 Å². The van der Waals surface area contributed by atoms with E-state index in [-0.39, 0.29) is 24.0 Å². The third-order valence-electron chi connectivity index (χ3n) is 3.09. The highest BCUT2D eigenvalue weighted by Gasteiger charge is 1.99. The van der Waals surface area contributed by atoms with Crippen LogP contribution < -0.4 is 10.6 Å². The predicted molar refractivity (Wildman–Crippen MR) is 104 cm³/mol. The molecule has 2 aromatic rings. The van der Waals surface area contributed by atoms with Gasteiger partial charge in [0.25, 0.3) is 0 Å². The number of aliphatic imine (C=N–C) groups is 1. The molecule has 3 N–H and O–H groups in total. The Morgan fingerprint density at radius 1 is 1.17 bits per heavy atom. The summed E-state index contributed by atoms with van der Waals surface area (Å²) in [6.07, 6.45) is 2.59. The van der Waals surface area contributed by atoms with Crippen molar-refractivity contribution in [3.63, 3.8) is 0 Å². The molecule has 2 rings (SSSR count). The second kappa shape index (κ2) is 10.8. The number of hydrogen-bond acceptors (Lipinski definition) is 3. The summed E-state index contributed by atoms with van der Waals surface area (Å²) in [5, 5.41) is 16.0. The largest absolute Gasteiger partial charge is 0.508 e. The molecule has 0 aliphatic rings. The number of aromatic nitrogens is 1. The van der Waals surface area contributed by atoms with E-state index in [0.29, 0.717) is 12.3 Å². The molecule has 0 unspecified atom stereocenters. The number of pyridine rings is 1. The summed E-state index contributed by atoms with van der Waals surface area (Å²) in [6.45, 7) is 4.13. The first kappa shape index (κ1) is 19.2. The second-order valence-corrected chi connectivity index (χ2v) is 4.86. The van der Waals surface area contributed by atoms with Crippen LogP contribution in [0.1, 0.15) is 18.2 Å². The lowest BCUT2D eigenvalue weighted by Gasteiger charge is -2.11. The zero-order valence-electron chi connectivity index (χ0n) is 13.2. The number of nitrogens with one attached hydrogen (secondary N) is 2. The van der Waals surface area contributed by atoms with E-state index in [1.165, 1.54) is 0 Å². The maximum absolute atomic E-state index is 9.45. The van der Waals surface area contributed by atoms with Crippen molar-refractivity contribution in [3.8, 4) is 5.75 Å². The van der Waals surface area contributed by atoms with Gasteiger partial charge in [0.15, 0.2) is 5.96 Å². The number of hydrogen-bond donors (Lipinski definition) is 3. The molecule has 0 radical (unpaired) electrons. The standard InChI is InChI=1S/C17H22N4O.HI/c1-2-18-17(21-13-15-7-3-4-10-19-15)20-11-9-14-6-5-8-16(22)12-14;/h3-8,10,12,22H,2,9,11,13H2,1H3,(H2,18,20,21);1H. The van der Waals surface area contributed by atoms with E-state index in [0.717, 1.165) is 36.7 Å². The van der Waals surface area contributed by atoms with Crippen molar-refractivity contribution in [1.82, 2.24) is 15.6 Å². The van der Waals surface area contributed by atoms with E-state index in [1.54, 1.807) is 18.3 Å². The molecule has 5 nitrogen and oxygen atoms in total. The summed E-state index contributed by atoms with van der Waals surface area (Å²) in [5.41, 5.74) is 2.03. The molecule has 6 heteroatoms. The molecular formula is C17H23IN4O. The van der Waals surface area contributed by atoms with E-state index >= 15 is 0 Å².